The Hall–Kier alpha value is -0.970. The van der Waals surface area contributed by atoms with Crippen LogP contribution in [0, 0.1) is 5.41 Å². The summed E-state index contributed by atoms with van der Waals surface area (Å²) in [6.07, 6.45) is 0. The SMILES string of the molecule is C=C(C)C(=O)OCCSC(=N)N. The van der Waals surface area contributed by atoms with E-state index in [1.165, 1.54) is 0 Å². The lowest BCUT2D eigenvalue weighted by Gasteiger charge is -2.02. The average Bonchev–Trinajstić information content (AvgIpc) is 1.97. The Morgan fingerprint density at radius 3 is 2.75 bits per heavy atom. The Labute approximate surface area is 75.7 Å². The van der Waals surface area contributed by atoms with Crippen molar-refractivity contribution in [3.8, 4) is 0 Å². The maximum atomic E-state index is 10.8. The highest BCUT2D eigenvalue weighted by Gasteiger charge is 2.01. The van der Waals surface area contributed by atoms with E-state index >= 15 is 0 Å². The molecular formula is C7H12N2O2S. The maximum Gasteiger partial charge on any atom is 0.333 e. The summed E-state index contributed by atoms with van der Waals surface area (Å²) in [5.74, 6) is 0.105. The molecular weight excluding hydrogens is 176 g/mol. The van der Waals surface area contributed by atoms with E-state index in [9.17, 15) is 4.79 Å². The van der Waals surface area contributed by atoms with Gasteiger partial charge in [0, 0.05) is 11.3 Å². The van der Waals surface area contributed by atoms with Crippen molar-refractivity contribution in [1.82, 2.24) is 0 Å². The van der Waals surface area contributed by atoms with Crippen LogP contribution in [0.1, 0.15) is 6.92 Å². The number of hydrogen-bond donors (Lipinski definition) is 2. The van der Waals surface area contributed by atoms with E-state index in [0.29, 0.717) is 11.3 Å². The van der Waals surface area contributed by atoms with Gasteiger partial charge in [-0.05, 0) is 6.92 Å². The summed E-state index contributed by atoms with van der Waals surface area (Å²) in [6, 6.07) is 0. The molecule has 0 aromatic carbocycles. The fourth-order valence-electron chi connectivity index (χ4n) is 0.409. The number of hydrogen-bond acceptors (Lipinski definition) is 4. The first-order valence-corrected chi connectivity index (χ1v) is 4.32. The highest BCUT2D eigenvalue weighted by atomic mass is 32.2. The fourth-order valence-corrected chi connectivity index (χ4v) is 0.796. The summed E-state index contributed by atoms with van der Waals surface area (Å²) in [4.78, 5) is 10.8. The van der Waals surface area contributed by atoms with Crippen molar-refractivity contribution in [2.45, 2.75) is 6.92 Å². The number of ether oxygens (including phenoxy) is 1. The number of amidine groups is 1. The molecule has 0 aliphatic carbocycles. The molecule has 0 aliphatic heterocycles. The van der Waals surface area contributed by atoms with Crippen LogP contribution in [0.15, 0.2) is 12.2 Å². The van der Waals surface area contributed by atoms with Crippen molar-refractivity contribution >= 4 is 22.9 Å². The molecule has 0 amide bonds. The molecule has 0 unspecified atom stereocenters. The van der Waals surface area contributed by atoms with Crippen LogP contribution in [0.2, 0.25) is 0 Å². The first kappa shape index (κ1) is 11.0. The maximum absolute atomic E-state index is 10.8. The molecule has 4 nitrogen and oxygen atoms in total. The third-order valence-corrected chi connectivity index (χ3v) is 1.60. The molecule has 12 heavy (non-hydrogen) atoms. The van der Waals surface area contributed by atoms with Crippen LogP contribution in [0.5, 0.6) is 0 Å². The molecule has 0 heterocycles. The Bertz CT molecular complexity index is 204. The van der Waals surface area contributed by atoms with Crippen LogP contribution >= 0.6 is 11.8 Å². The number of carbonyl (C=O) groups is 1. The van der Waals surface area contributed by atoms with Crippen LogP contribution in [-0.4, -0.2) is 23.5 Å². The van der Waals surface area contributed by atoms with Crippen LogP contribution in [0.25, 0.3) is 0 Å². The molecule has 5 heteroatoms. The van der Waals surface area contributed by atoms with Gasteiger partial charge < -0.3 is 10.5 Å². The Morgan fingerprint density at radius 1 is 1.75 bits per heavy atom. The van der Waals surface area contributed by atoms with Crippen LogP contribution in [-0.2, 0) is 9.53 Å². The molecule has 0 aromatic heterocycles. The zero-order valence-corrected chi connectivity index (χ0v) is 7.74. The highest BCUT2D eigenvalue weighted by molar-refractivity contribution is 8.13. The molecule has 0 spiro atoms. The second-order valence-electron chi connectivity index (χ2n) is 2.13. The standard InChI is InChI=1S/C7H12N2O2S/c1-5(2)6(10)11-3-4-12-7(8)9/h1,3-4H2,2H3,(H3,8,9). The van der Waals surface area contributed by atoms with E-state index in [1.54, 1.807) is 6.92 Å². The van der Waals surface area contributed by atoms with Crippen molar-refractivity contribution in [3.05, 3.63) is 12.2 Å². The highest BCUT2D eigenvalue weighted by Crippen LogP contribution is 1.98. The lowest BCUT2D eigenvalue weighted by molar-refractivity contribution is -0.138. The summed E-state index contributed by atoms with van der Waals surface area (Å²) in [6.45, 7) is 5.26. The van der Waals surface area contributed by atoms with Gasteiger partial charge in [0.2, 0.25) is 0 Å². The molecule has 0 radical (unpaired) electrons. The monoisotopic (exact) mass is 188 g/mol. The van der Waals surface area contributed by atoms with Gasteiger partial charge in [0.1, 0.15) is 6.61 Å². The summed E-state index contributed by atoms with van der Waals surface area (Å²) in [7, 11) is 0. The molecule has 0 fully saturated rings. The van der Waals surface area contributed by atoms with E-state index in [-0.39, 0.29) is 11.8 Å². The molecule has 0 aromatic rings. The van der Waals surface area contributed by atoms with E-state index in [4.69, 9.17) is 15.9 Å². The van der Waals surface area contributed by atoms with Gasteiger partial charge in [-0.2, -0.15) is 0 Å². The average molecular weight is 188 g/mol. The minimum atomic E-state index is -0.404. The largest absolute Gasteiger partial charge is 0.461 e. The fraction of sp³-hybridized carbons (Fsp3) is 0.429. The molecule has 0 saturated carbocycles. The van der Waals surface area contributed by atoms with Crippen LogP contribution in [0.3, 0.4) is 0 Å². The van der Waals surface area contributed by atoms with Crippen LogP contribution < -0.4 is 5.73 Å². The van der Waals surface area contributed by atoms with E-state index in [0.717, 1.165) is 11.8 Å². The molecule has 3 N–H and O–H groups in total. The Kier molecular flexibility index (Phi) is 5.19. The first-order chi connectivity index (χ1) is 5.54. The third-order valence-electron chi connectivity index (χ3n) is 0.923. The van der Waals surface area contributed by atoms with Gasteiger partial charge in [0.25, 0.3) is 0 Å². The van der Waals surface area contributed by atoms with E-state index in [1.807, 2.05) is 0 Å². The van der Waals surface area contributed by atoms with Crippen molar-refractivity contribution in [1.29, 1.82) is 5.41 Å². The summed E-state index contributed by atoms with van der Waals surface area (Å²) >= 11 is 1.14. The molecule has 68 valence electrons. The van der Waals surface area contributed by atoms with E-state index < -0.39 is 5.97 Å². The van der Waals surface area contributed by atoms with Crippen molar-refractivity contribution in [2.24, 2.45) is 5.73 Å². The predicted octanol–water partition coefficient (Wildman–Crippen LogP) is 0.732. The quantitative estimate of drug-likeness (QED) is 0.224. The number of thioether (sulfide) groups is 1. The lowest BCUT2D eigenvalue weighted by Crippen LogP contribution is -2.11. The number of esters is 1. The second kappa shape index (κ2) is 5.65. The number of nitrogens with two attached hydrogens (primary N) is 1. The summed E-state index contributed by atoms with van der Waals surface area (Å²) in [5.41, 5.74) is 5.43. The number of rotatable bonds is 4. The first-order valence-electron chi connectivity index (χ1n) is 3.33. The zero-order valence-electron chi connectivity index (χ0n) is 6.92. The van der Waals surface area contributed by atoms with Crippen molar-refractivity contribution < 1.29 is 9.53 Å². The van der Waals surface area contributed by atoms with Gasteiger partial charge in [0.05, 0.1) is 0 Å². The Balaban J connectivity index is 3.38. The molecule has 0 atom stereocenters. The van der Waals surface area contributed by atoms with Gasteiger partial charge in [-0.1, -0.05) is 18.3 Å². The zero-order chi connectivity index (χ0) is 9.56. The number of carbonyl (C=O) groups excluding carboxylic acids is 1. The van der Waals surface area contributed by atoms with Gasteiger partial charge in [-0.3, -0.25) is 5.41 Å². The lowest BCUT2D eigenvalue weighted by atomic mass is 10.4. The second-order valence-corrected chi connectivity index (χ2v) is 3.27. The number of nitrogens with one attached hydrogen (secondary N) is 1. The summed E-state index contributed by atoms with van der Waals surface area (Å²) in [5, 5.41) is 6.88. The molecule has 0 aliphatic rings. The van der Waals surface area contributed by atoms with Crippen LogP contribution in [0.4, 0.5) is 0 Å². The minimum absolute atomic E-state index is 0.0290. The van der Waals surface area contributed by atoms with Gasteiger partial charge in [0.15, 0.2) is 5.17 Å². The molecule has 0 rings (SSSR count). The Morgan fingerprint density at radius 2 is 2.33 bits per heavy atom. The normalized spacial score (nSPS) is 9.08. The van der Waals surface area contributed by atoms with Gasteiger partial charge >= 0.3 is 5.97 Å². The third kappa shape index (κ3) is 5.79. The van der Waals surface area contributed by atoms with Crippen molar-refractivity contribution in [3.63, 3.8) is 0 Å². The smallest absolute Gasteiger partial charge is 0.333 e. The minimum Gasteiger partial charge on any atom is -0.461 e. The predicted molar refractivity (Wildman–Crippen MR) is 50.1 cm³/mol. The molecule has 0 saturated heterocycles. The van der Waals surface area contributed by atoms with Crippen molar-refractivity contribution in [2.75, 3.05) is 12.4 Å². The summed E-state index contributed by atoms with van der Waals surface area (Å²) < 4.78 is 4.74. The topological polar surface area (TPSA) is 76.2 Å². The van der Waals surface area contributed by atoms with Gasteiger partial charge in [-0.25, -0.2) is 4.79 Å². The molecule has 0 bridgehead atoms. The van der Waals surface area contributed by atoms with E-state index in [2.05, 4.69) is 6.58 Å². The van der Waals surface area contributed by atoms with Gasteiger partial charge in [-0.15, -0.1) is 0 Å².